The highest BCUT2D eigenvalue weighted by molar-refractivity contribution is 7.71. The maximum Gasteiger partial charge on any atom is 0.237 e. The first-order chi connectivity index (χ1) is 13.4. The topological polar surface area (TPSA) is 102 Å². The molecule has 152 valence electrons. The summed E-state index contributed by atoms with van der Waals surface area (Å²) in [5.74, 6) is -1.32. The number of rotatable bonds is 7. The Labute approximate surface area is 167 Å². The molecule has 0 spiro atoms. The Bertz CT molecular complexity index is 910. The number of aromatic nitrogens is 2. The lowest BCUT2D eigenvalue weighted by molar-refractivity contribution is -0.122. The fraction of sp³-hybridized carbons (Fsp3) is 0.474. The lowest BCUT2D eigenvalue weighted by Crippen LogP contribution is -2.40. The Morgan fingerprint density at radius 1 is 1.43 bits per heavy atom. The van der Waals surface area contributed by atoms with E-state index in [0.717, 1.165) is 11.8 Å². The smallest absolute Gasteiger partial charge is 0.237 e. The molecule has 6 nitrogen and oxygen atoms in total. The SMILES string of the molecule is NCCC[C@H](N)C(=O)NCc1c[nH]c(=S)n1[C@@H]1CCc2c(F)cc(F)cc2C1. The summed E-state index contributed by atoms with van der Waals surface area (Å²) in [7, 11) is 0. The highest BCUT2D eigenvalue weighted by atomic mass is 32.1. The second kappa shape index (κ2) is 8.93. The molecule has 1 aromatic carbocycles. The number of aromatic amines is 1. The Morgan fingerprint density at radius 2 is 2.21 bits per heavy atom. The third-order valence-corrected chi connectivity index (χ3v) is 5.51. The number of nitrogens with zero attached hydrogens (tertiary/aromatic N) is 1. The fourth-order valence-corrected chi connectivity index (χ4v) is 4.06. The number of nitrogens with one attached hydrogen (secondary N) is 2. The van der Waals surface area contributed by atoms with Gasteiger partial charge < -0.3 is 26.3 Å². The molecule has 1 aromatic heterocycles. The highest BCUT2D eigenvalue weighted by Gasteiger charge is 2.25. The van der Waals surface area contributed by atoms with Gasteiger partial charge in [-0.1, -0.05) is 0 Å². The molecule has 0 saturated carbocycles. The van der Waals surface area contributed by atoms with Crippen LogP contribution >= 0.6 is 12.2 Å². The summed E-state index contributed by atoms with van der Waals surface area (Å²) in [4.78, 5) is 15.1. The molecule has 1 aliphatic rings. The fourth-order valence-electron chi connectivity index (χ4n) is 3.73. The highest BCUT2D eigenvalue weighted by Crippen LogP contribution is 2.32. The Morgan fingerprint density at radius 3 is 2.96 bits per heavy atom. The molecule has 0 bridgehead atoms. The maximum absolute atomic E-state index is 14.0. The number of carbonyl (C=O) groups is 1. The van der Waals surface area contributed by atoms with Crippen LogP contribution in [0.15, 0.2) is 18.3 Å². The van der Waals surface area contributed by atoms with Crippen molar-refractivity contribution in [2.24, 2.45) is 11.5 Å². The quantitative estimate of drug-likeness (QED) is 0.527. The number of halogens is 2. The van der Waals surface area contributed by atoms with Crippen LogP contribution in [0, 0.1) is 16.4 Å². The maximum atomic E-state index is 14.0. The summed E-state index contributed by atoms with van der Waals surface area (Å²) in [5, 5.41) is 2.83. The third kappa shape index (κ3) is 4.48. The van der Waals surface area contributed by atoms with E-state index in [0.29, 0.717) is 54.5 Å². The van der Waals surface area contributed by atoms with Crippen molar-refractivity contribution in [1.82, 2.24) is 14.9 Å². The number of nitrogens with two attached hydrogens (primary N) is 2. The monoisotopic (exact) mass is 409 g/mol. The van der Waals surface area contributed by atoms with Gasteiger partial charge in [0.25, 0.3) is 0 Å². The van der Waals surface area contributed by atoms with E-state index < -0.39 is 17.7 Å². The largest absolute Gasteiger partial charge is 0.349 e. The number of hydrogen-bond acceptors (Lipinski definition) is 4. The molecule has 6 N–H and O–H groups in total. The zero-order valence-electron chi connectivity index (χ0n) is 15.5. The first-order valence-corrected chi connectivity index (χ1v) is 9.80. The first-order valence-electron chi connectivity index (χ1n) is 9.39. The van der Waals surface area contributed by atoms with Crippen molar-refractivity contribution in [3.05, 3.63) is 51.6 Å². The molecule has 0 unspecified atom stereocenters. The van der Waals surface area contributed by atoms with Crippen molar-refractivity contribution >= 4 is 18.1 Å². The number of benzene rings is 1. The van der Waals surface area contributed by atoms with Gasteiger partial charge in [-0.3, -0.25) is 4.79 Å². The minimum Gasteiger partial charge on any atom is -0.349 e. The van der Waals surface area contributed by atoms with Gasteiger partial charge in [0.1, 0.15) is 11.6 Å². The van der Waals surface area contributed by atoms with Gasteiger partial charge in [-0.2, -0.15) is 0 Å². The summed E-state index contributed by atoms with van der Waals surface area (Å²) in [5.41, 5.74) is 13.3. The van der Waals surface area contributed by atoms with Crippen LogP contribution in [-0.2, 0) is 24.2 Å². The van der Waals surface area contributed by atoms with Crippen LogP contribution in [0.1, 0.15) is 42.1 Å². The van der Waals surface area contributed by atoms with Crippen molar-refractivity contribution in [2.45, 2.75) is 50.7 Å². The summed E-state index contributed by atoms with van der Waals surface area (Å²) >= 11 is 5.40. The van der Waals surface area contributed by atoms with Crippen LogP contribution in [0.4, 0.5) is 8.78 Å². The Hall–Kier alpha value is -2.10. The number of carbonyl (C=O) groups excluding carboxylic acids is 1. The van der Waals surface area contributed by atoms with Gasteiger partial charge in [0, 0.05) is 18.3 Å². The summed E-state index contributed by atoms with van der Waals surface area (Å²) in [6.45, 7) is 0.756. The van der Waals surface area contributed by atoms with Gasteiger partial charge in [0.15, 0.2) is 4.77 Å². The predicted molar refractivity (Wildman–Crippen MR) is 105 cm³/mol. The molecule has 28 heavy (non-hydrogen) atoms. The second-order valence-corrected chi connectivity index (χ2v) is 7.52. The van der Waals surface area contributed by atoms with Crippen molar-refractivity contribution in [1.29, 1.82) is 0 Å². The summed E-state index contributed by atoms with van der Waals surface area (Å²) in [6, 6.07) is 1.67. The standard InChI is InChI=1S/C19H25F2N5OS/c20-12-6-11-7-13(3-4-15(11)16(21)8-12)26-14(10-25-19(26)28)9-24-18(27)17(23)2-1-5-22/h6,8,10,13,17H,1-5,7,9,22-23H2,(H,24,27)(H,25,28)/t13-,17+/m1/s1. The van der Waals surface area contributed by atoms with Crippen molar-refractivity contribution in [3.8, 4) is 0 Å². The Kier molecular flexibility index (Phi) is 6.58. The van der Waals surface area contributed by atoms with Crippen molar-refractivity contribution in [3.63, 3.8) is 0 Å². The van der Waals surface area contributed by atoms with Gasteiger partial charge in [0.2, 0.25) is 5.91 Å². The third-order valence-electron chi connectivity index (χ3n) is 5.19. The molecule has 0 aliphatic heterocycles. The number of H-pyrrole nitrogens is 1. The average Bonchev–Trinajstić information content (AvgIpc) is 3.03. The van der Waals surface area contributed by atoms with Gasteiger partial charge in [-0.15, -0.1) is 0 Å². The summed E-state index contributed by atoms with van der Waals surface area (Å²) in [6.07, 6.45) is 4.62. The average molecular weight is 410 g/mol. The van der Waals surface area contributed by atoms with Crippen LogP contribution in [0.5, 0.6) is 0 Å². The zero-order valence-corrected chi connectivity index (χ0v) is 16.3. The second-order valence-electron chi connectivity index (χ2n) is 7.13. The number of fused-ring (bicyclic) bond motifs is 1. The van der Waals surface area contributed by atoms with Crippen LogP contribution in [0.3, 0.4) is 0 Å². The molecule has 1 amide bonds. The minimum atomic E-state index is -0.605. The van der Waals surface area contributed by atoms with E-state index in [4.69, 9.17) is 23.7 Å². The van der Waals surface area contributed by atoms with Gasteiger partial charge in [-0.05, 0) is 68.1 Å². The molecular formula is C19H25F2N5OS. The van der Waals surface area contributed by atoms with Crippen LogP contribution in [-0.4, -0.2) is 28.0 Å². The predicted octanol–water partition coefficient (Wildman–Crippen LogP) is 2.24. The van der Waals surface area contributed by atoms with E-state index in [2.05, 4.69) is 10.3 Å². The molecular weight excluding hydrogens is 384 g/mol. The van der Waals surface area contributed by atoms with Crippen molar-refractivity contribution < 1.29 is 13.6 Å². The molecule has 0 radical (unpaired) electrons. The van der Waals surface area contributed by atoms with Crippen molar-refractivity contribution in [2.75, 3.05) is 6.54 Å². The zero-order chi connectivity index (χ0) is 20.3. The molecule has 2 atom stereocenters. The Balaban J connectivity index is 1.73. The van der Waals surface area contributed by atoms with Crippen LogP contribution < -0.4 is 16.8 Å². The first kappa shape index (κ1) is 20.6. The van der Waals surface area contributed by atoms with Gasteiger partial charge in [0.05, 0.1) is 18.3 Å². The normalized spacial score (nSPS) is 17.2. The summed E-state index contributed by atoms with van der Waals surface area (Å²) < 4.78 is 30.0. The van der Waals surface area contributed by atoms with E-state index in [9.17, 15) is 13.6 Å². The molecule has 1 heterocycles. The number of hydrogen-bond donors (Lipinski definition) is 4. The van der Waals surface area contributed by atoms with E-state index in [1.54, 1.807) is 6.20 Å². The molecule has 2 aromatic rings. The van der Waals surface area contributed by atoms with Gasteiger partial charge >= 0.3 is 0 Å². The lowest BCUT2D eigenvalue weighted by atomic mass is 9.87. The van der Waals surface area contributed by atoms with E-state index in [-0.39, 0.29) is 18.5 Å². The lowest BCUT2D eigenvalue weighted by Gasteiger charge is -2.27. The van der Waals surface area contributed by atoms with E-state index in [1.165, 1.54) is 6.07 Å². The minimum absolute atomic E-state index is 0.0368. The molecule has 0 fully saturated rings. The molecule has 0 saturated heterocycles. The van der Waals surface area contributed by atoms with E-state index in [1.807, 2.05) is 4.57 Å². The molecule has 9 heteroatoms. The molecule has 1 aliphatic carbocycles. The number of amides is 1. The van der Waals surface area contributed by atoms with Crippen LogP contribution in [0.2, 0.25) is 0 Å². The number of imidazole rings is 1. The van der Waals surface area contributed by atoms with E-state index >= 15 is 0 Å². The van der Waals surface area contributed by atoms with Crippen LogP contribution in [0.25, 0.3) is 0 Å². The van der Waals surface area contributed by atoms with Gasteiger partial charge in [-0.25, -0.2) is 8.78 Å². The molecule has 3 rings (SSSR count).